The molecule has 11 nitrogen and oxygen atoms in total. The molecule has 0 aromatic carbocycles. The Hall–Kier alpha value is -3.94. The van der Waals surface area contributed by atoms with Crippen molar-refractivity contribution in [2.75, 3.05) is 49.3 Å². The molecule has 1 aliphatic rings. The van der Waals surface area contributed by atoms with Crippen LogP contribution in [0.25, 0.3) is 11.5 Å². The molecule has 4 rings (SSSR count). The molecule has 3 aromatic heterocycles. The van der Waals surface area contributed by atoms with Crippen LogP contribution in [-0.2, 0) is 11.8 Å². The molecule has 1 aliphatic heterocycles. The van der Waals surface area contributed by atoms with Gasteiger partial charge in [-0.05, 0) is 26.2 Å². The largest absolute Gasteiger partial charge is 0.444 e. The van der Waals surface area contributed by atoms with Crippen LogP contribution in [0.4, 0.5) is 30.5 Å². The molecular formula is C24H29F3N8O3. The molecular weight excluding hydrogens is 505 g/mol. The van der Waals surface area contributed by atoms with E-state index < -0.39 is 24.0 Å². The molecule has 204 valence electrons. The first-order chi connectivity index (χ1) is 17.7. The number of carbonyl (C=O) groups is 2. The van der Waals surface area contributed by atoms with Crippen molar-refractivity contribution in [3.63, 3.8) is 0 Å². The Morgan fingerprint density at radius 1 is 1.32 bits per heavy atom. The summed E-state index contributed by atoms with van der Waals surface area (Å²) >= 11 is 0. The van der Waals surface area contributed by atoms with Crippen LogP contribution in [0.15, 0.2) is 35.2 Å². The first kappa shape index (κ1) is 27.1. The van der Waals surface area contributed by atoms with Crippen LogP contribution in [0, 0.1) is 11.3 Å². The lowest BCUT2D eigenvalue weighted by atomic mass is 9.81. The monoisotopic (exact) mass is 534 g/mol. The third kappa shape index (κ3) is 5.79. The summed E-state index contributed by atoms with van der Waals surface area (Å²) in [5.74, 6) is -0.288. The summed E-state index contributed by atoms with van der Waals surface area (Å²) in [6, 6.07) is 2.83. The van der Waals surface area contributed by atoms with Crippen molar-refractivity contribution < 1.29 is 27.2 Å². The fraction of sp³-hybridized carbons (Fsp3) is 0.458. The minimum absolute atomic E-state index is 0.0187. The van der Waals surface area contributed by atoms with Crippen molar-refractivity contribution in [3.8, 4) is 11.5 Å². The molecule has 0 spiro atoms. The van der Waals surface area contributed by atoms with Gasteiger partial charge in [-0.2, -0.15) is 18.3 Å². The highest BCUT2D eigenvalue weighted by atomic mass is 19.4. The van der Waals surface area contributed by atoms with E-state index in [4.69, 9.17) is 4.42 Å². The minimum Gasteiger partial charge on any atom is -0.444 e. The van der Waals surface area contributed by atoms with Crippen molar-refractivity contribution in [3.05, 3.63) is 36.5 Å². The zero-order chi connectivity index (χ0) is 27.8. The number of rotatable bonds is 8. The smallest absolute Gasteiger partial charge is 0.405 e. The van der Waals surface area contributed by atoms with Crippen molar-refractivity contribution >= 4 is 29.1 Å². The molecule has 14 heteroatoms. The fourth-order valence-corrected chi connectivity index (χ4v) is 4.28. The number of hydrogen-bond donors (Lipinski definition) is 2. The zero-order valence-corrected chi connectivity index (χ0v) is 21.6. The van der Waals surface area contributed by atoms with Gasteiger partial charge in [0.2, 0.25) is 11.8 Å². The standard InChI is InChI=1S/C24H29F3N8O3/c1-23(2)15(9-33(3)4)10-35(22(23)37)19-16(11-34(5)32-19)30-20(36)17-12-38-21(31-17)14-6-7-28-18(8-14)29-13-24(25,26)27/h6-8,11-12,15H,9-10,13H2,1-5H3,(H,28,29)(H,30,36). The third-order valence-electron chi connectivity index (χ3n) is 6.33. The van der Waals surface area contributed by atoms with Gasteiger partial charge < -0.3 is 20.0 Å². The van der Waals surface area contributed by atoms with Gasteiger partial charge in [0.25, 0.3) is 5.91 Å². The van der Waals surface area contributed by atoms with Crippen LogP contribution in [-0.4, -0.2) is 76.4 Å². The van der Waals surface area contributed by atoms with Gasteiger partial charge in [0.1, 0.15) is 24.3 Å². The summed E-state index contributed by atoms with van der Waals surface area (Å²) in [6.07, 6.45) is -0.367. The molecule has 2 amide bonds. The molecule has 0 radical (unpaired) electrons. The maximum atomic E-state index is 13.3. The number of nitrogens with zero attached hydrogens (tertiary/aromatic N) is 6. The van der Waals surface area contributed by atoms with Gasteiger partial charge in [0.05, 0.1) is 6.20 Å². The normalized spacial score (nSPS) is 17.3. The van der Waals surface area contributed by atoms with Crippen LogP contribution >= 0.6 is 0 Å². The van der Waals surface area contributed by atoms with Crippen molar-refractivity contribution in [1.29, 1.82) is 0 Å². The predicted octanol–water partition coefficient (Wildman–Crippen LogP) is 3.25. The Morgan fingerprint density at radius 2 is 2.05 bits per heavy atom. The van der Waals surface area contributed by atoms with Gasteiger partial charge in [0.15, 0.2) is 11.5 Å². The summed E-state index contributed by atoms with van der Waals surface area (Å²) in [7, 11) is 5.59. The average Bonchev–Trinajstić information content (AvgIpc) is 3.51. The molecule has 2 N–H and O–H groups in total. The Morgan fingerprint density at radius 3 is 2.74 bits per heavy atom. The van der Waals surface area contributed by atoms with Gasteiger partial charge in [-0.25, -0.2) is 9.97 Å². The molecule has 0 saturated carbocycles. The number of pyridine rings is 1. The summed E-state index contributed by atoms with van der Waals surface area (Å²) in [4.78, 5) is 37.9. The number of halogens is 3. The van der Waals surface area contributed by atoms with Crippen molar-refractivity contribution in [1.82, 2.24) is 24.6 Å². The lowest BCUT2D eigenvalue weighted by Gasteiger charge is -2.25. The lowest BCUT2D eigenvalue weighted by Crippen LogP contribution is -2.34. The summed E-state index contributed by atoms with van der Waals surface area (Å²) in [5.41, 5.74) is -0.000500. The van der Waals surface area contributed by atoms with Gasteiger partial charge in [-0.3, -0.25) is 19.2 Å². The second-order valence-corrected chi connectivity index (χ2v) is 10.0. The SMILES string of the molecule is CN(C)CC1CN(c2nn(C)cc2NC(=O)c2coc(-c3ccnc(NCC(F)(F)F)c3)n2)C(=O)C1(C)C. The van der Waals surface area contributed by atoms with Gasteiger partial charge in [-0.15, -0.1) is 0 Å². The van der Waals surface area contributed by atoms with Crippen molar-refractivity contribution in [2.45, 2.75) is 20.0 Å². The average molecular weight is 535 g/mol. The second kappa shape index (κ2) is 10.1. The van der Waals surface area contributed by atoms with E-state index in [1.54, 1.807) is 18.1 Å². The van der Waals surface area contributed by atoms with Gasteiger partial charge >= 0.3 is 6.18 Å². The molecule has 0 bridgehead atoms. The van der Waals surface area contributed by atoms with Gasteiger partial charge in [0, 0.05) is 43.2 Å². The molecule has 3 aromatic rings. The molecule has 1 saturated heterocycles. The number of aromatic nitrogens is 4. The highest BCUT2D eigenvalue weighted by Crippen LogP contribution is 2.41. The number of carbonyl (C=O) groups excluding carboxylic acids is 2. The summed E-state index contributed by atoms with van der Waals surface area (Å²) < 4.78 is 44.4. The summed E-state index contributed by atoms with van der Waals surface area (Å²) in [6.45, 7) is 3.73. The predicted molar refractivity (Wildman–Crippen MR) is 134 cm³/mol. The van der Waals surface area contributed by atoms with E-state index in [0.29, 0.717) is 30.2 Å². The Kier molecular flexibility index (Phi) is 7.19. The maximum absolute atomic E-state index is 13.3. The maximum Gasteiger partial charge on any atom is 0.405 e. The topological polar surface area (TPSA) is 121 Å². The minimum atomic E-state index is -4.40. The third-order valence-corrected chi connectivity index (χ3v) is 6.33. The van der Waals surface area contributed by atoms with E-state index in [-0.39, 0.29) is 29.2 Å². The number of aryl methyl sites for hydroxylation is 1. The molecule has 1 fully saturated rings. The number of anilines is 3. The van der Waals surface area contributed by atoms with Gasteiger partial charge in [-0.1, -0.05) is 13.8 Å². The van der Waals surface area contributed by atoms with E-state index in [2.05, 4.69) is 25.7 Å². The summed E-state index contributed by atoms with van der Waals surface area (Å²) in [5, 5.41) is 9.35. The number of alkyl halides is 3. The Balaban J connectivity index is 1.51. The Labute approximate surface area is 217 Å². The first-order valence-electron chi connectivity index (χ1n) is 11.8. The highest BCUT2D eigenvalue weighted by Gasteiger charge is 2.48. The van der Waals surface area contributed by atoms with Crippen LogP contribution in [0.5, 0.6) is 0 Å². The Bertz CT molecular complexity index is 1330. The zero-order valence-electron chi connectivity index (χ0n) is 21.6. The van der Waals surface area contributed by atoms with Crippen LogP contribution in [0.2, 0.25) is 0 Å². The van der Waals surface area contributed by atoms with E-state index in [0.717, 1.165) is 6.26 Å². The lowest BCUT2D eigenvalue weighted by molar-refractivity contribution is -0.125. The van der Waals surface area contributed by atoms with Crippen LogP contribution < -0.4 is 15.5 Å². The van der Waals surface area contributed by atoms with E-state index in [9.17, 15) is 22.8 Å². The second-order valence-electron chi connectivity index (χ2n) is 10.0. The first-order valence-corrected chi connectivity index (χ1v) is 11.8. The number of oxazole rings is 1. The van der Waals surface area contributed by atoms with E-state index in [1.807, 2.05) is 32.8 Å². The molecule has 0 aliphatic carbocycles. The number of nitrogens with one attached hydrogen (secondary N) is 2. The van der Waals surface area contributed by atoms with Crippen LogP contribution in [0.3, 0.4) is 0 Å². The molecule has 38 heavy (non-hydrogen) atoms. The van der Waals surface area contributed by atoms with Crippen LogP contribution in [0.1, 0.15) is 24.3 Å². The quantitative estimate of drug-likeness (QED) is 0.452. The highest BCUT2D eigenvalue weighted by molar-refractivity contribution is 6.07. The molecule has 1 unspecified atom stereocenters. The van der Waals surface area contributed by atoms with E-state index >= 15 is 0 Å². The number of hydrogen-bond acceptors (Lipinski definition) is 8. The van der Waals surface area contributed by atoms with Crippen molar-refractivity contribution in [2.24, 2.45) is 18.4 Å². The van der Waals surface area contributed by atoms with E-state index in [1.165, 1.54) is 23.0 Å². The molecule has 1 atom stereocenters. The number of amides is 2. The molecule has 4 heterocycles. The fourth-order valence-electron chi connectivity index (χ4n) is 4.28.